The van der Waals surface area contributed by atoms with E-state index in [1.54, 1.807) is 33.8 Å². The first-order valence-electron chi connectivity index (χ1n) is 17.4. The maximum atomic E-state index is 13.2. The fourth-order valence-electron chi connectivity index (χ4n) is 8.22. The van der Waals surface area contributed by atoms with Crippen molar-refractivity contribution in [3.63, 3.8) is 0 Å². The minimum atomic E-state index is -0.965. The van der Waals surface area contributed by atoms with E-state index in [4.69, 9.17) is 33.2 Å². The van der Waals surface area contributed by atoms with Crippen molar-refractivity contribution in [1.82, 2.24) is 9.80 Å². The number of benzene rings is 2. The van der Waals surface area contributed by atoms with Gasteiger partial charge in [0.15, 0.2) is 23.0 Å². The molecule has 0 saturated carbocycles. The van der Waals surface area contributed by atoms with Gasteiger partial charge >= 0.3 is 29.8 Å². The van der Waals surface area contributed by atoms with Crippen LogP contribution in [0.25, 0.3) is 0 Å². The van der Waals surface area contributed by atoms with Gasteiger partial charge in [-0.1, -0.05) is 6.08 Å². The van der Waals surface area contributed by atoms with Crippen molar-refractivity contribution in [1.29, 1.82) is 5.26 Å². The Hall–Kier alpha value is -5.46. The Kier molecular flexibility index (Phi) is 11.4. The fourth-order valence-corrected chi connectivity index (χ4v) is 8.22. The predicted octanol–water partition coefficient (Wildman–Crippen LogP) is 4.30. The van der Waals surface area contributed by atoms with E-state index in [1.807, 2.05) is 16.8 Å². The lowest BCUT2D eigenvalue weighted by atomic mass is 9.71. The second-order valence-corrected chi connectivity index (χ2v) is 13.6. The van der Waals surface area contributed by atoms with Gasteiger partial charge in [0.05, 0.1) is 32.4 Å². The molecule has 0 aliphatic carbocycles. The summed E-state index contributed by atoms with van der Waals surface area (Å²) in [7, 11) is 4.66. The second-order valence-electron chi connectivity index (χ2n) is 13.6. The average Bonchev–Trinajstić information content (AvgIpc) is 3.09. The predicted molar refractivity (Wildman–Crippen MR) is 191 cm³/mol. The summed E-state index contributed by atoms with van der Waals surface area (Å²) in [6, 6.07) is -1.30. The number of rotatable bonds is 9. The summed E-state index contributed by atoms with van der Waals surface area (Å²) in [6.45, 7) is 11.4. The zero-order valence-corrected chi connectivity index (χ0v) is 32.3. The molecule has 3 aliphatic rings. The van der Waals surface area contributed by atoms with Crippen molar-refractivity contribution in [3.05, 3.63) is 45.0 Å². The molecule has 54 heavy (non-hydrogen) atoms. The maximum Gasteiger partial charge on any atom is 0.333 e. The molecule has 2 aromatic carbocycles. The number of ether oxygens (including phenoxy) is 7. The fraction of sp³-hybridized carbons (Fsp3) is 0.487. The molecule has 0 spiro atoms. The van der Waals surface area contributed by atoms with Crippen molar-refractivity contribution in [2.45, 2.75) is 98.4 Å². The van der Waals surface area contributed by atoms with Crippen LogP contribution in [0, 0.1) is 25.2 Å². The van der Waals surface area contributed by atoms with Crippen LogP contribution in [0.2, 0.25) is 0 Å². The summed E-state index contributed by atoms with van der Waals surface area (Å²) in [5.41, 5.74) is 3.01. The van der Waals surface area contributed by atoms with Crippen LogP contribution in [-0.4, -0.2) is 85.6 Å². The highest BCUT2D eigenvalue weighted by molar-refractivity contribution is 5.87. The molecule has 0 radical (unpaired) electrons. The van der Waals surface area contributed by atoms with Gasteiger partial charge in [0.25, 0.3) is 0 Å². The molecular weight excluding hydrogens is 702 g/mol. The van der Waals surface area contributed by atoms with Gasteiger partial charge in [0, 0.05) is 78.7 Å². The van der Waals surface area contributed by atoms with E-state index in [0.29, 0.717) is 39.0 Å². The van der Waals surface area contributed by atoms with Gasteiger partial charge in [-0.05, 0) is 47.6 Å². The molecule has 0 amide bonds. The molecule has 1 saturated heterocycles. The summed E-state index contributed by atoms with van der Waals surface area (Å²) in [4.78, 5) is 67.7. The van der Waals surface area contributed by atoms with Crippen LogP contribution in [0.15, 0.2) is 11.6 Å². The first-order chi connectivity index (χ1) is 25.5. The quantitative estimate of drug-likeness (QED) is 0.201. The topological polar surface area (TPSA) is 180 Å². The maximum absolute atomic E-state index is 13.2. The van der Waals surface area contributed by atoms with Crippen molar-refractivity contribution in [2.24, 2.45) is 0 Å². The molecule has 2 bridgehead atoms. The van der Waals surface area contributed by atoms with E-state index >= 15 is 0 Å². The van der Waals surface area contributed by atoms with Gasteiger partial charge in [-0.15, -0.1) is 0 Å². The lowest BCUT2D eigenvalue weighted by Gasteiger charge is -2.60. The van der Waals surface area contributed by atoms with Crippen LogP contribution < -0.4 is 28.4 Å². The van der Waals surface area contributed by atoms with Crippen LogP contribution in [0.5, 0.6) is 34.5 Å². The molecular formula is C39H45N3O12. The molecule has 288 valence electrons. The SMILES string of the molecule is CC=C(C)C(=O)OCC1c2c(c(OC(C)=O)c(C)c(OC)c2OC(C)=O)CC2C3c4c(c(OC(C)=O)c(C)c(OC)c4OC(C)=O)CC(C(C#N)N12)N3C. The molecule has 5 rings (SSSR count). The Morgan fingerprint density at radius 3 is 1.61 bits per heavy atom. The number of methoxy groups -OCH3 is 2. The molecule has 15 heteroatoms. The zero-order chi connectivity index (χ0) is 39.9. The van der Waals surface area contributed by atoms with Crippen molar-refractivity contribution in [2.75, 3.05) is 27.9 Å². The number of allylic oxidation sites excluding steroid dienone is 1. The average molecular weight is 748 g/mol. The Morgan fingerprint density at radius 1 is 0.722 bits per heavy atom. The van der Waals surface area contributed by atoms with Crippen molar-refractivity contribution in [3.8, 4) is 40.6 Å². The number of nitriles is 1. The van der Waals surface area contributed by atoms with Crippen LogP contribution >= 0.6 is 0 Å². The lowest BCUT2D eigenvalue weighted by molar-refractivity contribution is -0.145. The van der Waals surface area contributed by atoms with Crippen LogP contribution in [0.3, 0.4) is 0 Å². The van der Waals surface area contributed by atoms with Gasteiger partial charge in [0.1, 0.15) is 24.1 Å². The second kappa shape index (κ2) is 15.5. The molecule has 15 nitrogen and oxygen atoms in total. The van der Waals surface area contributed by atoms with Gasteiger partial charge in [-0.2, -0.15) is 5.26 Å². The van der Waals surface area contributed by atoms with Crippen LogP contribution in [0.1, 0.15) is 87.0 Å². The molecule has 2 aromatic rings. The van der Waals surface area contributed by atoms with E-state index in [9.17, 15) is 29.2 Å². The minimum absolute atomic E-state index is 0.0341. The summed E-state index contributed by atoms with van der Waals surface area (Å²) >= 11 is 0. The Labute approximate surface area is 313 Å². The number of hydrogen-bond acceptors (Lipinski definition) is 15. The highest BCUT2D eigenvalue weighted by atomic mass is 16.6. The lowest BCUT2D eigenvalue weighted by Crippen LogP contribution is -2.68. The summed E-state index contributed by atoms with van der Waals surface area (Å²) in [6.07, 6.45) is 1.87. The zero-order valence-electron chi connectivity index (χ0n) is 32.3. The van der Waals surface area contributed by atoms with E-state index in [1.165, 1.54) is 41.9 Å². The van der Waals surface area contributed by atoms with E-state index in [0.717, 1.165) is 0 Å². The summed E-state index contributed by atoms with van der Waals surface area (Å²) in [5, 5.41) is 11.0. The highest BCUT2D eigenvalue weighted by Gasteiger charge is 2.58. The third kappa shape index (κ3) is 6.75. The number of likely N-dealkylation sites (N-methyl/N-ethyl adjacent to an activating group) is 1. The standard InChI is InChI=1S/C39H45N3O12/c1-12-17(2)39(47)50-16-29-30-24(33(51-20(5)43)18(3)35(48-10)37(30)53-22(7)45)14-27-32-31-25(13-26(41(32)9)28(15-40)42(27)29)34(52-21(6)44)19(4)36(49-11)38(31)54-23(8)46/h12,26-29,32H,13-14,16H2,1-11H3. The van der Waals surface area contributed by atoms with E-state index < -0.39 is 60.1 Å². The third-order valence-corrected chi connectivity index (χ3v) is 10.3. The van der Waals surface area contributed by atoms with Gasteiger partial charge in [0.2, 0.25) is 0 Å². The monoisotopic (exact) mass is 747 g/mol. The third-order valence-electron chi connectivity index (χ3n) is 10.3. The van der Waals surface area contributed by atoms with E-state index in [-0.39, 0.29) is 53.9 Å². The Balaban J connectivity index is 1.92. The summed E-state index contributed by atoms with van der Waals surface area (Å²) < 4.78 is 41.0. The van der Waals surface area contributed by atoms with Gasteiger partial charge in [-0.3, -0.25) is 29.0 Å². The molecule has 3 aliphatic heterocycles. The molecule has 5 unspecified atom stereocenters. The van der Waals surface area contributed by atoms with Crippen LogP contribution in [0.4, 0.5) is 0 Å². The molecule has 5 atom stereocenters. The number of carbonyl (C=O) groups excluding carboxylic acids is 5. The highest BCUT2D eigenvalue weighted by Crippen LogP contribution is 2.59. The Morgan fingerprint density at radius 2 is 1.17 bits per heavy atom. The van der Waals surface area contributed by atoms with Crippen molar-refractivity contribution < 1.29 is 57.1 Å². The minimum Gasteiger partial charge on any atom is -0.492 e. The first-order valence-corrected chi connectivity index (χ1v) is 17.4. The van der Waals surface area contributed by atoms with Crippen molar-refractivity contribution >= 4 is 29.8 Å². The smallest absolute Gasteiger partial charge is 0.333 e. The number of fused-ring (bicyclic) bond motifs is 7. The summed E-state index contributed by atoms with van der Waals surface area (Å²) in [5.74, 6) is -2.23. The molecule has 1 fully saturated rings. The first kappa shape index (κ1) is 39.7. The Bertz CT molecular complexity index is 2010. The normalized spacial score (nSPS) is 21.7. The largest absolute Gasteiger partial charge is 0.492 e. The number of hydrogen-bond donors (Lipinski definition) is 0. The van der Waals surface area contributed by atoms with Crippen LogP contribution in [-0.2, 0) is 41.6 Å². The molecule has 0 N–H and O–H groups in total. The number of piperazine rings is 1. The van der Waals surface area contributed by atoms with Gasteiger partial charge < -0.3 is 33.2 Å². The number of carbonyl (C=O) groups is 5. The van der Waals surface area contributed by atoms with Gasteiger partial charge in [-0.25, -0.2) is 4.79 Å². The van der Waals surface area contributed by atoms with E-state index in [2.05, 4.69) is 6.07 Å². The molecule has 0 aromatic heterocycles. The molecule has 3 heterocycles. The number of nitrogens with zero attached hydrogens (tertiary/aromatic N) is 3. The number of esters is 5.